The van der Waals surface area contributed by atoms with E-state index in [2.05, 4.69) is 21.4 Å². The minimum Gasteiger partial charge on any atom is -0.487 e. The number of aryl methyl sites for hydroxylation is 2. The van der Waals surface area contributed by atoms with E-state index in [0.717, 1.165) is 51.1 Å². The molecule has 5 rings (SSSR count). The lowest BCUT2D eigenvalue weighted by molar-refractivity contribution is -0.119. The van der Waals surface area contributed by atoms with Crippen molar-refractivity contribution in [3.05, 3.63) is 71.7 Å². The standard InChI is InChI=1S/C24H21N3O4S/c1-14-20(26-23(31-14)15-5-3-2-4-6-15)13-30-18-8-9-19-16(12-18)11-17(25-19)7-10-21-22(28)27-24(29)32-21/h2-6,8-9,11-12,21,25H,7,10,13H2,1H3,(H,27,28,29). The van der Waals surface area contributed by atoms with E-state index in [1.165, 1.54) is 0 Å². The molecular weight excluding hydrogens is 426 g/mol. The first kappa shape index (κ1) is 20.4. The van der Waals surface area contributed by atoms with Crippen LogP contribution in [0.25, 0.3) is 22.4 Å². The molecule has 162 valence electrons. The zero-order chi connectivity index (χ0) is 22.1. The van der Waals surface area contributed by atoms with E-state index in [9.17, 15) is 9.59 Å². The summed E-state index contributed by atoms with van der Waals surface area (Å²) < 4.78 is 11.8. The van der Waals surface area contributed by atoms with Crippen molar-refractivity contribution in [3.8, 4) is 17.2 Å². The monoisotopic (exact) mass is 447 g/mol. The lowest BCUT2D eigenvalue weighted by Gasteiger charge is -2.04. The van der Waals surface area contributed by atoms with Crippen LogP contribution in [0, 0.1) is 6.92 Å². The number of amides is 2. The predicted molar refractivity (Wildman–Crippen MR) is 123 cm³/mol. The molecular formula is C24H21N3O4S. The molecule has 4 aromatic rings. The van der Waals surface area contributed by atoms with Crippen molar-refractivity contribution < 1.29 is 18.7 Å². The summed E-state index contributed by atoms with van der Waals surface area (Å²) in [6.45, 7) is 2.20. The second kappa shape index (κ2) is 8.55. The molecule has 0 radical (unpaired) electrons. The number of benzene rings is 2. The van der Waals surface area contributed by atoms with Gasteiger partial charge in [-0.15, -0.1) is 0 Å². The molecule has 2 N–H and O–H groups in total. The number of oxazole rings is 1. The molecule has 0 saturated carbocycles. The number of aromatic amines is 1. The van der Waals surface area contributed by atoms with E-state index < -0.39 is 0 Å². The largest absolute Gasteiger partial charge is 0.487 e. The number of hydrogen-bond acceptors (Lipinski definition) is 6. The van der Waals surface area contributed by atoms with Crippen molar-refractivity contribution in [3.63, 3.8) is 0 Å². The van der Waals surface area contributed by atoms with Gasteiger partial charge in [-0.3, -0.25) is 14.9 Å². The smallest absolute Gasteiger partial charge is 0.286 e. The molecule has 1 atom stereocenters. The van der Waals surface area contributed by atoms with Gasteiger partial charge in [0, 0.05) is 22.2 Å². The molecule has 1 saturated heterocycles. The molecule has 1 aliphatic rings. The second-order valence-electron chi connectivity index (χ2n) is 7.64. The van der Waals surface area contributed by atoms with Crippen LogP contribution in [0.15, 0.2) is 59.0 Å². The maximum Gasteiger partial charge on any atom is 0.286 e. The highest BCUT2D eigenvalue weighted by Crippen LogP contribution is 2.27. The van der Waals surface area contributed by atoms with E-state index in [0.29, 0.717) is 25.3 Å². The van der Waals surface area contributed by atoms with Gasteiger partial charge in [-0.2, -0.15) is 0 Å². The number of thioether (sulfide) groups is 1. The normalized spacial score (nSPS) is 16.0. The van der Waals surface area contributed by atoms with Crippen molar-refractivity contribution in [2.24, 2.45) is 0 Å². The fraction of sp³-hybridized carbons (Fsp3) is 0.208. The molecule has 0 aliphatic carbocycles. The van der Waals surface area contributed by atoms with E-state index in [4.69, 9.17) is 9.15 Å². The van der Waals surface area contributed by atoms with Gasteiger partial charge in [-0.05, 0) is 56.2 Å². The third kappa shape index (κ3) is 4.27. The van der Waals surface area contributed by atoms with E-state index >= 15 is 0 Å². The van der Waals surface area contributed by atoms with Crippen LogP contribution in [0.5, 0.6) is 5.75 Å². The Kier molecular flexibility index (Phi) is 5.45. The molecule has 1 unspecified atom stereocenters. The van der Waals surface area contributed by atoms with E-state index in [-0.39, 0.29) is 16.4 Å². The molecule has 1 aliphatic heterocycles. The summed E-state index contributed by atoms with van der Waals surface area (Å²) in [5, 5.41) is 2.77. The highest BCUT2D eigenvalue weighted by atomic mass is 32.2. The zero-order valence-electron chi connectivity index (χ0n) is 17.4. The van der Waals surface area contributed by atoms with Crippen LogP contribution in [-0.2, 0) is 17.8 Å². The van der Waals surface area contributed by atoms with Crippen LogP contribution in [0.1, 0.15) is 23.6 Å². The Hall–Kier alpha value is -3.52. The average molecular weight is 448 g/mol. The number of H-pyrrole nitrogens is 1. The second-order valence-corrected chi connectivity index (χ2v) is 8.82. The van der Waals surface area contributed by atoms with Crippen molar-refractivity contribution in [1.82, 2.24) is 15.3 Å². The Bertz CT molecular complexity index is 1300. The molecule has 0 bridgehead atoms. The van der Waals surface area contributed by atoms with Gasteiger partial charge in [0.05, 0.1) is 5.25 Å². The zero-order valence-corrected chi connectivity index (χ0v) is 18.2. The lowest BCUT2D eigenvalue weighted by Crippen LogP contribution is -2.24. The molecule has 2 aromatic carbocycles. The first-order valence-electron chi connectivity index (χ1n) is 10.3. The third-order valence-corrected chi connectivity index (χ3v) is 6.43. The van der Waals surface area contributed by atoms with Gasteiger partial charge in [0.15, 0.2) is 0 Å². The van der Waals surface area contributed by atoms with Crippen LogP contribution in [0.4, 0.5) is 4.79 Å². The van der Waals surface area contributed by atoms with E-state index in [1.54, 1.807) is 0 Å². The van der Waals surface area contributed by atoms with Crippen LogP contribution in [0.3, 0.4) is 0 Å². The Morgan fingerprint density at radius 1 is 1.12 bits per heavy atom. The molecule has 7 nitrogen and oxygen atoms in total. The van der Waals surface area contributed by atoms with Crippen LogP contribution in [-0.4, -0.2) is 26.4 Å². The molecule has 32 heavy (non-hydrogen) atoms. The molecule has 2 aromatic heterocycles. The Balaban J connectivity index is 1.24. The van der Waals surface area contributed by atoms with Gasteiger partial charge in [0.1, 0.15) is 23.8 Å². The van der Waals surface area contributed by atoms with Crippen LogP contribution < -0.4 is 10.1 Å². The Labute approximate surface area is 188 Å². The van der Waals surface area contributed by atoms with Crippen LogP contribution in [0.2, 0.25) is 0 Å². The topological polar surface area (TPSA) is 97.2 Å². The molecule has 3 heterocycles. The summed E-state index contributed by atoms with van der Waals surface area (Å²) in [5.41, 5.74) is 3.71. The van der Waals surface area contributed by atoms with E-state index in [1.807, 2.05) is 55.5 Å². The van der Waals surface area contributed by atoms with Crippen molar-refractivity contribution in [1.29, 1.82) is 0 Å². The summed E-state index contributed by atoms with van der Waals surface area (Å²) in [4.78, 5) is 31.0. The SMILES string of the molecule is Cc1oc(-c2ccccc2)nc1COc1ccc2[nH]c(CCC3SC(=O)NC3=O)cc2c1. The molecule has 8 heteroatoms. The lowest BCUT2D eigenvalue weighted by atomic mass is 10.1. The summed E-state index contributed by atoms with van der Waals surface area (Å²) in [7, 11) is 0. The number of carbonyl (C=O) groups is 2. The summed E-state index contributed by atoms with van der Waals surface area (Å²) in [6.07, 6.45) is 1.29. The number of rotatable bonds is 7. The number of ether oxygens (including phenoxy) is 1. The van der Waals surface area contributed by atoms with Crippen LogP contribution >= 0.6 is 11.8 Å². The van der Waals surface area contributed by atoms with Gasteiger partial charge >= 0.3 is 0 Å². The highest BCUT2D eigenvalue weighted by Gasteiger charge is 2.31. The fourth-order valence-corrected chi connectivity index (χ4v) is 4.50. The highest BCUT2D eigenvalue weighted by molar-refractivity contribution is 8.15. The summed E-state index contributed by atoms with van der Waals surface area (Å²) in [6, 6.07) is 17.7. The molecule has 1 fully saturated rings. The number of carbonyl (C=O) groups excluding carboxylic acids is 2. The Morgan fingerprint density at radius 3 is 2.75 bits per heavy atom. The van der Waals surface area contributed by atoms with Gasteiger partial charge in [0.2, 0.25) is 11.8 Å². The van der Waals surface area contributed by atoms with Gasteiger partial charge in [0.25, 0.3) is 5.24 Å². The number of nitrogens with one attached hydrogen (secondary N) is 2. The first-order chi connectivity index (χ1) is 15.5. The number of aromatic nitrogens is 2. The van der Waals surface area contributed by atoms with Gasteiger partial charge in [-0.25, -0.2) is 4.98 Å². The number of hydrogen-bond donors (Lipinski definition) is 2. The predicted octanol–water partition coefficient (Wildman–Crippen LogP) is 4.99. The third-order valence-electron chi connectivity index (χ3n) is 5.38. The summed E-state index contributed by atoms with van der Waals surface area (Å²) >= 11 is 1.06. The average Bonchev–Trinajstić information content (AvgIpc) is 3.47. The quantitative estimate of drug-likeness (QED) is 0.414. The van der Waals surface area contributed by atoms with Crippen molar-refractivity contribution in [2.75, 3.05) is 0 Å². The van der Waals surface area contributed by atoms with Gasteiger partial charge < -0.3 is 14.1 Å². The number of imide groups is 1. The number of fused-ring (bicyclic) bond motifs is 1. The Morgan fingerprint density at radius 2 is 1.97 bits per heavy atom. The maximum absolute atomic E-state index is 11.7. The molecule has 2 amide bonds. The minimum atomic E-state index is -0.320. The first-order valence-corrected chi connectivity index (χ1v) is 11.2. The maximum atomic E-state index is 11.7. The van der Waals surface area contributed by atoms with Gasteiger partial charge in [-0.1, -0.05) is 30.0 Å². The minimum absolute atomic E-state index is 0.203. The van der Waals surface area contributed by atoms with Crippen molar-refractivity contribution in [2.45, 2.75) is 31.6 Å². The fourth-order valence-electron chi connectivity index (χ4n) is 3.68. The van der Waals surface area contributed by atoms with Crippen molar-refractivity contribution >= 4 is 33.8 Å². The number of nitrogens with zero attached hydrogens (tertiary/aromatic N) is 1. The molecule has 0 spiro atoms. The summed E-state index contributed by atoms with van der Waals surface area (Å²) in [5.74, 6) is 1.86.